The highest BCUT2D eigenvalue weighted by Crippen LogP contribution is 2.17. The minimum atomic E-state index is -0.400. The number of aliphatic hydroxyl groups is 1. The number of para-hydroxylation sites is 1. The standard InChI is InChI=1S/C12H16N2O2/c13-11-6-2-1-5-10(11)12(16)14-7-3-4-9(15)8-14/h1-2,5-6,9,15H,3-4,7-8,13H2/t9-/m1/s1. The second-order valence-electron chi connectivity index (χ2n) is 4.13. The quantitative estimate of drug-likeness (QED) is 0.690. The van der Waals surface area contributed by atoms with Gasteiger partial charge in [-0.25, -0.2) is 0 Å². The molecule has 4 nitrogen and oxygen atoms in total. The van der Waals surface area contributed by atoms with Crippen LogP contribution >= 0.6 is 0 Å². The first kappa shape index (κ1) is 11.0. The van der Waals surface area contributed by atoms with Crippen molar-refractivity contribution in [3.8, 4) is 0 Å². The average Bonchev–Trinajstić information content (AvgIpc) is 2.29. The van der Waals surface area contributed by atoms with Crippen molar-refractivity contribution in [2.75, 3.05) is 18.8 Å². The first-order chi connectivity index (χ1) is 7.68. The van der Waals surface area contributed by atoms with Gasteiger partial charge in [0.1, 0.15) is 0 Å². The molecule has 1 aromatic carbocycles. The molecule has 2 rings (SSSR count). The topological polar surface area (TPSA) is 66.6 Å². The lowest BCUT2D eigenvalue weighted by Crippen LogP contribution is -2.42. The zero-order valence-corrected chi connectivity index (χ0v) is 9.10. The van der Waals surface area contributed by atoms with Crippen molar-refractivity contribution in [2.45, 2.75) is 18.9 Å². The van der Waals surface area contributed by atoms with Crippen LogP contribution in [-0.4, -0.2) is 35.1 Å². The summed E-state index contributed by atoms with van der Waals surface area (Å²) in [6.07, 6.45) is 1.22. The highest BCUT2D eigenvalue weighted by molar-refractivity contribution is 5.99. The van der Waals surface area contributed by atoms with E-state index < -0.39 is 6.10 Å². The third-order valence-corrected chi connectivity index (χ3v) is 2.87. The Morgan fingerprint density at radius 3 is 2.88 bits per heavy atom. The molecule has 0 aliphatic carbocycles. The number of aliphatic hydroxyl groups excluding tert-OH is 1. The van der Waals surface area contributed by atoms with Gasteiger partial charge in [-0.05, 0) is 25.0 Å². The fraction of sp³-hybridized carbons (Fsp3) is 0.417. The molecular formula is C12H16N2O2. The van der Waals surface area contributed by atoms with Crippen LogP contribution < -0.4 is 5.73 Å². The number of carbonyl (C=O) groups excluding carboxylic acids is 1. The van der Waals surface area contributed by atoms with Gasteiger partial charge in [-0.3, -0.25) is 4.79 Å². The van der Waals surface area contributed by atoms with Crippen LogP contribution in [0.1, 0.15) is 23.2 Å². The summed E-state index contributed by atoms with van der Waals surface area (Å²) in [4.78, 5) is 13.8. The monoisotopic (exact) mass is 220 g/mol. The van der Waals surface area contributed by atoms with Crippen LogP contribution in [0.25, 0.3) is 0 Å². The number of hydrogen-bond acceptors (Lipinski definition) is 3. The molecule has 1 saturated heterocycles. The van der Waals surface area contributed by atoms with Gasteiger partial charge in [0.25, 0.3) is 5.91 Å². The largest absolute Gasteiger partial charge is 0.398 e. The van der Waals surface area contributed by atoms with E-state index in [1.807, 2.05) is 0 Å². The van der Waals surface area contributed by atoms with E-state index in [4.69, 9.17) is 5.73 Å². The van der Waals surface area contributed by atoms with Gasteiger partial charge in [0, 0.05) is 18.8 Å². The van der Waals surface area contributed by atoms with E-state index in [1.54, 1.807) is 29.2 Å². The molecular weight excluding hydrogens is 204 g/mol. The minimum absolute atomic E-state index is 0.0862. The number of nitrogens with two attached hydrogens (primary N) is 1. The molecule has 16 heavy (non-hydrogen) atoms. The van der Waals surface area contributed by atoms with Gasteiger partial charge in [0.2, 0.25) is 0 Å². The maximum absolute atomic E-state index is 12.1. The van der Waals surface area contributed by atoms with Gasteiger partial charge in [0.15, 0.2) is 0 Å². The number of carbonyl (C=O) groups is 1. The Balaban J connectivity index is 2.16. The lowest BCUT2D eigenvalue weighted by Gasteiger charge is -2.30. The van der Waals surface area contributed by atoms with Crippen molar-refractivity contribution in [2.24, 2.45) is 0 Å². The molecule has 0 radical (unpaired) electrons. The molecule has 0 bridgehead atoms. The molecule has 1 aliphatic heterocycles. The van der Waals surface area contributed by atoms with Crippen molar-refractivity contribution in [1.29, 1.82) is 0 Å². The maximum Gasteiger partial charge on any atom is 0.256 e. The van der Waals surface area contributed by atoms with Crippen LogP contribution in [0, 0.1) is 0 Å². The normalized spacial score (nSPS) is 20.8. The van der Waals surface area contributed by atoms with E-state index in [1.165, 1.54) is 0 Å². The van der Waals surface area contributed by atoms with Gasteiger partial charge in [-0.15, -0.1) is 0 Å². The predicted octanol–water partition coefficient (Wildman–Crippen LogP) is 0.866. The molecule has 1 heterocycles. The van der Waals surface area contributed by atoms with Crippen LogP contribution in [0.4, 0.5) is 5.69 Å². The van der Waals surface area contributed by atoms with E-state index in [2.05, 4.69) is 0 Å². The third-order valence-electron chi connectivity index (χ3n) is 2.87. The van der Waals surface area contributed by atoms with Gasteiger partial charge < -0.3 is 15.7 Å². The van der Waals surface area contributed by atoms with Crippen molar-refractivity contribution < 1.29 is 9.90 Å². The Kier molecular flexibility index (Phi) is 3.10. The van der Waals surface area contributed by atoms with Gasteiger partial charge >= 0.3 is 0 Å². The van der Waals surface area contributed by atoms with E-state index >= 15 is 0 Å². The Morgan fingerprint density at radius 1 is 1.44 bits per heavy atom. The van der Waals surface area contributed by atoms with Gasteiger partial charge in [-0.1, -0.05) is 12.1 Å². The van der Waals surface area contributed by atoms with Crippen LogP contribution in [0.15, 0.2) is 24.3 Å². The zero-order chi connectivity index (χ0) is 11.5. The van der Waals surface area contributed by atoms with E-state index in [0.29, 0.717) is 24.3 Å². The van der Waals surface area contributed by atoms with Crippen LogP contribution in [0.5, 0.6) is 0 Å². The molecule has 1 aromatic rings. The molecule has 1 atom stereocenters. The lowest BCUT2D eigenvalue weighted by atomic mass is 10.1. The number of amides is 1. The van der Waals surface area contributed by atoms with Crippen LogP contribution in [0.2, 0.25) is 0 Å². The number of nitrogen functional groups attached to an aromatic ring is 1. The highest BCUT2D eigenvalue weighted by atomic mass is 16.3. The van der Waals surface area contributed by atoms with E-state index in [-0.39, 0.29) is 5.91 Å². The van der Waals surface area contributed by atoms with Crippen LogP contribution in [-0.2, 0) is 0 Å². The summed E-state index contributed by atoms with van der Waals surface area (Å²) < 4.78 is 0. The average molecular weight is 220 g/mol. The zero-order valence-electron chi connectivity index (χ0n) is 9.10. The summed E-state index contributed by atoms with van der Waals surface area (Å²) in [7, 11) is 0. The van der Waals surface area contributed by atoms with Gasteiger partial charge in [0.05, 0.1) is 11.7 Å². The summed E-state index contributed by atoms with van der Waals surface area (Å²) in [5, 5.41) is 9.52. The van der Waals surface area contributed by atoms with Crippen molar-refractivity contribution in [1.82, 2.24) is 4.90 Å². The summed E-state index contributed by atoms with van der Waals surface area (Å²) in [6.45, 7) is 1.11. The summed E-state index contributed by atoms with van der Waals surface area (Å²) in [5.74, 6) is -0.0862. The number of nitrogens with zero attached hydrogens (tertiary/aromatic N) is 1. The molecule has 0 spiro atoms. The second-order valence-corrected chi connectivity index (χ2v) is 4.13. The smallest absolute Gasteiger partial charge is 0.256 e. The summed E-state index contributed by atoms with van der Waals surface area (Å²) >= 11 is 0. The molecule has 0 aromatic heterocycles. The molecule has 1 amide bonds. The number of rotatable bonds is 1. The number of anilines is 1. The first-order valence-corrected chi connectivity index (χ1v) is 5.50. The summed E-state index contributed by atoms with van der Waals surface area (Å²) in [6, 6.07) is 7.04. The number of β-amino-alcohol motifs (C(OH)–C–C–N with tert-alkyl or cyclic N) is 1. The Labute approximate surface area is 94.7 Å². The predicted molar refractivity (Wildman–Crippen MR) is 62.0 cm³/mol. The van der Waals surface area contributed by atoms with Crippen molar-refractivity contribution in [3.63, 3.8) is 0 Å². The second kappa shape index (κ2) is 4.53. The Bertz CT molecular complexity index is 392. The highest BCUT2D eigenvalue weighted by Gasteiger charge is 2.23. The molecule has 86 valence electrons. The van der Waals surface area contributed by atoms with Gasteiger partial charge in [-0.2, -0.15) is 0 Å². The van der Waals surface area contributed by atoms with E-state index in [0.717, 1.165) is 12.8 Å². The molecule has 1 fully saturated rings. The Morgan fingerprint density at radius 2 is 2.19 bits per heavy atom. The number of piperidine rings is 1. The van der Waals surface area contributed by atoms with Crippen LogP contribution in [0.3, 0.4) is 0 Å². The fourth-order valence-electron chi connectivity index (χ4n) is 2.00. The number of likely N-dealkylation sites (tertiary alicyclic amines) is 1. The SMILES string of the molecule is Nc1ccccc1C(=O)N1CCC[C@@H](O)C1. The van der Waals surface area contributed by atoms with Crippen molar-refractivity contribution >= 4 is 11.6 Å². The minimum Gasteiger partial charge on any atom is -0.398 e. The molecule has 4 heteroatoms. The third kappa shape index (κ3) is 2.17. The molecule has 3 N–H and O–H groups in total. The summed E-state index contributed by atoms with van der Waals surface area (Å²) in [5.41, 5.74) is 6.77. The van der Waals surface area contributed by atoms with E-state index in [9.17, 15) is 9.90 Å². The maximum atomic E-state index is 12.1. The lowest BCUT2D eigenvalue weighted by molar-refractivity contribution is 0.0474. The molecule has 0 unspecified atom stereocenters. The fourth-order valence-corrected chi connectivity index (χ4v) is 2.00. The van der Waals surface area contributed by atoms with Crippen molar-refractivity contribution in [3.05, 3.63) is 29.8 Å². The first-order valence-electron chi connectivity index (χ1n) is 5.50. The molecule has 0 saturated carbocycles. The number of hydrogen-bond donors (Lipinski definition) is 2. The molecule has 1 aliphatic rings. The number of benzene rings is 1. The Hall–Kier alpha value is -1.55.